The molecular weight excluding hydrogens is 284 g/mol. The minimum absolute atomic E-state index is 0.280. The van der Waals surface area contributed by atoms with Crippen LogP contribution in [-0.4, -0.2) is 61.3 Å². The lowest BCUT2D eigenvalue weighted by Gasteiger charge is -2.17. The molecule has 0 heterocycles. The fourth-order valence-corrected chi connectivity index (χ4v) is 1.29. The number of carboxylic acids is 1. The van der Waals surface area contributed by atoms with Crippen molar-refractivity contribution in [3.8, 4) is 0 Å². The van der Waals surface area contributed by atoms with Gasteiger partial charge in [0.05, 0.1) is 13.0 Å². The molecule has 10 heteroatoms. The maximum absolute atomic E-state index is 11.6. The second-order valence-electron chi connectivity index (χ2n) is 4.18. The molecule has 2 atom stereocenters. The van der Waals surface area contributed by atoms with Gasteiger partial charge in [-0.25, -0.2) is 9.59 Å². The molecule has 0 aliphatic carbocycles. The fourth-order valence-electron chi connectivity index (χ4n) is 1.29. The van der Waals surface area contributed by atoms with Gasteiger partial charge in [-0.15, -0.1) is 0 Å². The maximum atomic E-state index is 11.6. The van der Waals surface area contributed by atoms with Gasteiger partial charge < -0.3 is 31.5 Å². The van der Waals surface area contributed by atoms with Gasteiger partial charge in [0, 0.05) is 13.7 Å². The molecule has 0 radical (unpaired) electrons. The van der Waals surface area contributed by atoms with E-state index in [1.165, 1.54) is 14.0 Å². The Hall–Kier alpha value is -2.36. The summed E-state index contributed by atoms with van der Waals surface area (Å²) in [6, 6.07) is -3.23. The van der Waals surface area contributed by atoms with E-state index in [4.69, 9.17) is 15.6 Å². The van der Waals surface area contributed by atoms with Crippen LogP contribution in [-0.2, 0) is 19.1 Å². The Kier molecular flexibility index (Phi) is 8.46. The minimum atomic E-state index is -1.45. The molecule has 4 amide bonds. The molecule has 120 valence electrons. The monoisotopic (exact) mass is 304 g/mol. The number of carbonyl (C=O) groups excluding carboxylic acids is 3. The molecule has 0 bridgehead atoms. The SMILES string of the molecule is COCCNC(=O)C(C)NC(=O)N[C@@H](CC(N)=O)C(=O)O. The van der Waals surface area contributed by atoms with Crippen LogP contribution in [0.25, 0.3) is 0 Å². The summed E-state index contributed by atoms with van der Waals surface area (Å²) in [6.07, 6.45) is -0.544. The highest BCUT2D eigenvalue weighted by Crippen LogP contribution is 1.92. The number of carboxylic acid groups (broad SMARTS) is 1. The van der Waals surface area contributed by atoms with Gasteiger partial charge >= 0.3 is 12.0 Å². The zero-order valence-electron chi connectivity index (χ0n) is 11.8. The van der Waals surface area contributed by atoms with Gasteiger partial charge in [0.1, 0.15) is 12.1 Å². The number of methoxy groups -OCH3 is 1. The highest BCUT2D eigenvalue weighted by molar-refractivity contribution is 5.90. The third kappa shape index (κ3) is 8.42. The first-order valence-electron chi connectivity index (χ1n) is 6.12. The van der Waals surface area contributed by atoms with E-state index in [9.17, 15) is 19.2 Å². The molecular formula is C11H20N4O6. The predicted octanol–water partition coefficient (Wildman–Crippen LogP) is -2.23. The summed E-state index contributed by atoms with van der Waals surface area (Å²) in [4.78, 5) is 44.6. The van der Waals surface area contributed by atoms with Crippen LogP contribution in [0.4, 0.5) is 4.79 Å². The Labute approximate surface area is 121 Å². The second-order valence-corrected chi connectivity index (χ2v) is 4.18. The number of amides is 4. The lowest BCUT2D eigenvalue weighted by Crippen LogP contribution is -2.53. The molecule has 1 unspecified atom stereocenters. The van der Waals surface area contributed by atoms with Crippen LogP contribution in [0, 0.1) is 0 Å². The molecule has 0 rings (SSSR count). The Morgan fingerprint density at radius 3 is 2.33 bits per heavy atom. The average molecular weight is 304 g/mol. The number of rotatable bonds is 9. The van der Waals surface area contributed by atoms with Crippen molar-refractivity contribution in [3.05, 3.63) is 0 Å². The molecule has 0 saturated carbocycles. The van der Waals surface area contributed by atoms with Crippen LogP contribution in [0.3, 0.4) is 0 Å². The fraction of sp³-hybridized carbons (Fsp3) is 0.636. The first-order chi connectivity index (χ1) is 9.77. The summed E-state index contributed by atoms with van der Waals surface area (Å²) in [5.74, 6) is -2.72. The Bertz CT molecular complexity index is 400. The van der Waals surface area contributed by atoms with E-state index < -0.39 is 42.3 Å². The molecule has 0 aromatic rings. The molecule has 0 aliphatic rings. The Balaban J connectivity index is 4.29. The zero-order valence-corrected chi connectivity index (χ0v) is 11.8. The average Bonchev–Trinajstić information content (AvgIpc) is 2.37. The molecule has 0 aromatic carbocycles. The Morgan fingerprint density at radius 2 is 1.86 bits per heavy atom. The van der Waals surface area contributed by atoms with Gasteiger partial charge in [0.15, 0.2) is 0 Å². The van der Waals surface area contributed by atoms with Crippen molar-refractivity contribution in [2.75, 3.05) is 20.3 Å². The highest BCUT2D eigenvalue weighted by Gasteiger charge is 2.23. The van der Waals surface area contributed by atoms with Gasteiger partial charge in [0.25, 0.3) is 0 Å². The lowest BCUT2D eigenvalue weighted by molar-refractivity contribution is -0.140. The van der Waals surface area contributed by atoms with E-state index in [2.05, 4.69) is 10.6 Å². The number of primary amides is 1. The molecule has 0 saturated heterocycles. The largest absolute Gasteiger partial charge is 0.480 e. The van der Waals surface area contributed by atoms with Gasteiger partial charge in [-0.1, -0.05) is 0 Å². The van der Waals surface area contributed by atoms with Crippen LogP contribution < -0.4 is 21.7 Å². The van der Waals surface area contributed by atoms with Crippen molar-refractivity contribution in [1.82, 2.24) is 16.0 Å². The number of urea groups is 1. The maximum Gasteiger partial charge on any atom is 0.326 e. The van der Waals surface area contributed by atoms with Crippen molar-refractivity contribution in [2.24, 2.45) is 5.73 Å². The highest BCUT2D eigenvalue weighted by atomic mass is 16.5. The predicted molar refractivity (Wildman–Crippen MR) is 71.3 cm³/mol. The summed E-state index contributed by atoms with van der Waals surface area (Å²) in [5, 5.41) is 15.6. The van der Waals surface area contributed by atoms with Crippen LogP contribution in [0.1, 0.15) is 13.3 Å². The van der Waals surface area contributed by atoms with E-state index >= 15 is 0 Å². The number of hydrogen-bond donors (Lipinski definition) is 5. The van der Waals surface area contributed by atoms with Gasteiger partial charge in [-0.2, -0.15) is 0 Å². The summed E-state index contributed by atoms with van der Waals surface area (Å²) < 4.78 is 4.75. The number of nitrogens with two attached hydrogens (primary N) is 1. The lowest BCUT2D eigenvalue weighted by atomic mass is 10.2. The first kappa shape index (κ1) is 18.6. The van der Waals surface area contributed by atoms with E-state index in [0.717, 1.165) is 0 Å². The van der Waals surface area contributed by atoms with Crippen LogP contribution in [0.2, 0.25) is 0 Å². The van der Waals surface area contributed by atoms with Gasteiger partial charge in [-0.3, -0.25) is 9.59 Å². The molecule has 21 heavy (non-hydrogen) atoms. The van der Waals surface area contributed by atoms with Gasteiger partial charge in [-0.05, 0) is 6.92 Å². The zero-order chi connectivity index (χ0) is 16.4. The van der Waals surface area contributed by atoms with Gasteiger partial charge in [0.2, 0.25) is 11.8 Å². The standard InChI is InChI=1S/C11H20N4O6/c1-6(9(17)13-3-4-21-2)14-11(20)15-7(10(18)19)5-8(12)16/h6-7H,3-5H2,1-2H3,(H2,12,16)(H,13,17)(H,18,19)(H2,14,15,20)/t6?,7-/m0/s1. The number of nitrogens with one attached hydrogen (secondary N) is 3. The minimum Gasteiger partial charge on any atom is -0.480 e. The Morgan fingerprint density at radius 1 is 1.24 bits per heavy atom. The van der Waals surface area contributed by atoms with Crippen LogP contribution >= 0.6 is 0 Å². The normalized spacial score (nSPS) is 12.9. The molecule has 0 fully saturated rings. The van der Waals surface area contributed by atoms with E-state index in [1.807, 2.05) is 5.32 Å². The molecule has 0 aliphatic heterocycles. The molecule has 0 spiro atoms. The van der Waals surface area contributed by atoms with E-state index in [-0.39, 0.29) is 6.54 Å². The van der Waals surface area contributed by atoms with Crippen molar-refractivity contribution in [3.63, 3.8) is 0 Å². The van der Waals surface area contributed by atoms with Crippen molar-refractivity contribution in [2.45, 2.75) is 25.4 Å². The number of aliphatic carboxylic acids is 1. The van der Waals surface area contributed by atoms with E-state index in [0.29, 0.717) is 6.61 Å². The van der Waals surface area contributed by atoms with Crippen molar-refractivity contribution < 1.29 is 29.0 Å². The van der Waals surface area contributed by atoms with Crippen molar-refractivity contribution in [1.29, 1.82) is 0 Å². The van der Waals surface area contributed by atoms with Crippen molar-refractivity contribution >= 4 is 23.8 Å². The third-order valence-corrected chi connectivity index (χ3v) is 2.36. The second kappa shape index (κ2) is 9.53. The van der Waals surface area contributed by atoms with Crippen LogP contribution in [0.5, 0.6) is 0 Å². The molecule has 0 aromatic heterocycles. The number of ether oxygens (including phenoxy) is 1. The van der Waals surface area contributed by atoms with E-state index in [1.54, 1.807) is 0 Å². The number of hydrogen-bond acceptors (Lipinski definition) is 5. The van der Waals surface area contributed by atoms with Crippen LogP contribution in [0.15, 0.2) is 0 Å². The topological polar surface area (TPSA) is 160 Å². The molecule has 6 N–H and O–H groups in total. The molecule has 10 nitrogen and oxygen atoms in total. The smallest absolute Gasteiger partial charge is 0.326 e. The third-order valence-electron chi connectivity index (χ3n) is 2.36. The first-order valence-corrected chi connectivity index (χ1v) is 6.12. The summed E-state index contributed by atoms with van der Waals surface area (Å²) >= 11 is 0. The quantitative estimate of drug-likeness (QED) is 0.303. The number of carbonyl (C=O) groups is 4. The summed E-state index contributed by atoms with van der Waals surface area (Å²) in [6.45, 7) is 2.03. The summed E-state index contributed by atoms with van der Waals surface area (Å²) in [5.41, 5.74) is 4.87. The summed E-state index contributed by atoms with van der Waals surface area (Å²) in [7, 11) is 1.48.